The minimum Gasteiger partial charge on any atom is -0.462 e. The molecule has 3 nitrogen and oxygen atoms in total. The number of aldehydes is 1. The molecule has 1 aromatic carbocycles. The zero-order valence-corrected chi connectivity index (χ0v) is 10.1. The van der Waals surface area contributed by atoms with Gasteiger partial charge in [0.25, 0.3) is 0 Å². The zero-order valence-electron chi connectivity index (χ0n) is 10.1. The van der Waals surface area contributed by atoms with Crippen molar-refractivity contribution in [1.82, 2.24) is 0 Å². The summed E-state index contributed by atoms with van der Waals surface area (Å²) in [7, 11) is 0. The Labute approximate surface area is 102 Å². The summed E-state index contributed by atoms with van der Waals surface area (Å²) in [5.74, 6) is 0.122. The lowest BCUT2D eigenvalue weighted by Gasteiger charge is -2.09. The van der Waals surface area contributed by atoms with E-state index in [-0.39, 0.29) is 5.97 Å². The Hall–Kier alpha value is -1.64. The van der Waals surface area contributed by atoms with Crippen LogP contribution in [0.5, 0.6) is 0 Å². The summed E-state index contributed by atoms with van der Waals surface area (Å²) in [6, 6.07) is 8.95. The maximum absolute atomic E-state index is 11.6. The van der Waals surface area contributed by atoms with E-state index in [1.165, 1.54) is 0 Å². The highest BCUT2D eigenvalue weighted by Gasteiger charge is 2.07. The SMILES string of the molecule is CC(CCC=O)CCOC(=O)c1ccccc1. The molecule has 0 heterocycles. The second-order valence-electron chi connectivity index (χ2n) is 4.14. The number of rotatable bonds is 7. The van der Waals surface area contributed by atoms with E-state index in [2.05, 4.69) is 6.92 Å². The van der Waals surface area contributed by atoms with Crippen molar-refractivity contribution in [2.75, 3.05) is 6.61 Å². The Morgan fingerprint density at radius 3 is 2.65 bits per heavy atom. The van der Waals surface area contributed by atoms with Gasteiger partial charge in [-0.15, -0.1) is 0 Å². The standard InChI is InChI=1S/C14H18O3/c1-12(6-5-10-15)9-11-17-14(16)13-7-3-2-4-8-13/h2-4,7-8,10,12H,5-6,9,11H2,1H3. The molecule has 0 saturated carbocycles. The van der Waals surface area contributed by atoms with Gasteiger partial charge in [-0.25, -0.2) is 4.79 Å². The van der Waals surface area contributed by atoms with Gasteiger partial charge >= 0.3 is 5.97 Å². The van der Waals surface area contributed by atoms with Crippen LogP contribution in [0, 0.1) is 5.92 Å². The van der Waals surface area contributed by atoms with Crippen molar-refractivity contribution in [2.24, 2.45) is 5.92 Å². The fraction of sp³-hybridized carbons (Fsp3) is 0.429. The Balaban J connectivity index is 2.23. The predicted molar refractivity (Wildman–Crippen MR) is 65.8 cm³/mol. The molecule has 0 aliphatic rings. The summed E-state index contributed by atoms with van der Waals surface area (Å²) in [6.07, 6.45) is 3.15. The highest BCUT2D eigenvalue weighted by atomic mass is 16.5. The molecule has 0 aromatic heterocycles. The Morgan fingerprint density at radius 1 is 1.29 bits per heavy atom. The van der Waals surface area contributed by atoms with Gasteiger partial charge in [0.1, 0.15) is 6.29 Å². The average molecular weight is 234 g/mol. The lowest BCUT2D eigenvalue weighted by Crippen LogP contribution is -2.09. The number of carbonyl (C=O) groups is 2. The van der Waals surface area contributed by atoms with Gasteiger partial charge in [-0.2, -0.15) is 0 Å². The van der Waals surface area contributed by atoms with Crippen molar-refractivity contribution in [2.45, 2.75) is 26.2 Å². The maximum Gasteiger partial charge on any atom is 0.338 e. The van der Waals surface area contributed by atoms with Crippen LogP contribution >= 0.6 is 0 Å². The highest BCUT2D eigenvalue weighted by molar-refractivity contribution is 5.89. The molecule has 1 atom stereocenters. The second kappa shape index (κ2) is 7.60. The fourth-order valence-corrected chi connectivity index (χ4v) is 1.51. The Kier molecular flexibility index (Phi) is 6.00. The van der Waals surface area contributed by atoms with Gasteiger partial charge in [0, 0.05) is 6.42 Å². The monoisotopic (exact) mass is 234 g/mol. The van der Waals surface area contributed by atoms with Crippen molar-refractivity contribution in [3.8, 4) is 0 Å². The van der Waals surface area contributed by atoms with E-state index in [4.69, 9.17) is 4.74 Å². The quantitative estimate of drug-likeness (QED) is 0.538. The maximum atomic E-state index is 11.6. The molecule has 17 heavy (non-hydrogen) atoms. The lowest BCUT2D eigenvalue weighted by atomic mass is 10.0. The number of carbonyl (C=O) groups excluding carboxylic acids is 2. The molecular formula is C14H18O3. The largest absolute Gasteiger partial charge is 0.462 e. The first-order chi connectivity index (χ1) is 8.24. The van der Waals surface area contributed by atoms with Crippen LogP contribution < -0.4 is 0 Å². The Morgan fingerprint density at radius 2 is 2.00 bits per heavy atom. The van der Waals surface area contributed by atoms with E-state index in [0.29, 0.717) is 24.5 Å². The van der Waals surface area contributed by atoms with E-state index in [1.807, 2.05) is 18.2 Å². The minimum absolute atomic E-state index is 0.284. The topological polar surface area (TPSA) is 43.4 Å². The molecule has 3 heteroatoms. The van der Waals surface area contributed by atoms with Crippen LogP contribution in [0.25, 0.3) is 0 Å². The molecule has 92 valence electrons. The molecular weight excluding hydrogens is 216 g/mol. The van der Waals surface area contributed by atoms with Crippen LogP contribution in [0.1, 0.15) is 36.5 Å². The van der Waals surface area contributed by atoms with E-state index in [9.17, 15) is 9.59 Å². The van der Waals surface area contributed by atoms with Crippen LogP contribution in [0.2, 0.25) is 0 Å². The third-order valence-electron chi connectivity index (χ3n) is 2.63. The number of esters is 1. The first-order valence-electron chi connectivity index (χ1n) is 5.90. The molecule has 0 aliphatic heterocycles. The van der Waals surface area contributed by atoms with E-state index in [0.717, 1.165) is 19.1 Å². The van der Waals surface area contributed by atoms with Crippen molar-refractivity contribution in [3.63, 3.8) is 0 Å². The van der Waals surface area contributed by atoms with Gasteiger partial charge in [0.05, 0.1) is 12.2 Å². The average Bonchev–Trinajstić information content (AvgIpc) is 2.37. The van der Waals surface area contributed by atoms with Gasteiger partial charge in [0.2, 0.25) is 0 Å². The van der Waals surface area contributed by atoms with E-state index >= 15 is 0 Å². The summed E-state index contributed by atoms with van der Waals surface area (Å²) < 4.78 is 5.15. The third-order valence-corrected chi connectivity index (χ3v) is 2.63. The molecule has 0 N–H and O–H groups in total. The first-order valence-corrected chi connectivity index (χ1v) is 5.90. The van der Waals surface area contributed by atoms with Gasteiger partial charge in [-0.05, 0) is 30.9 Å². The summed E-state index contributed by atoms with van der Waals surface area (Å²) in [5, 5.41) is 0. The molecule has 1 unspecified atom stereocenters. The molecule has 1 aromatic rings. The normalized spacial score (nSPS) is 11.8. The molecule has 0 aliphatic carbocycles. The van der Waals surface area contributed by atoms with Crippen molar-refractivity contribution >= 4 is 12.3 Å². The molecule has 0 saturated heterocycles. The molecule has 0 fully saturated rings. The van der Waals surface area contributed by atoms with E-state index < -0.39 is 0 Å². The summed E-state index contributed by atoms with van der Waals surface area (Å²) in [5.41, 5.74) is 0.577. The van der Waals surface area contributed by atoms with Crippen LogP contribution in [-0.2, 0) is 9.53 Å². The first kappa shape index (κ1) is 13.4. The van der Waals surface area contributed by atoms with Gasteiger partial charge in [-0.3, -0.25) is 0 Å². The lowest BCUT2D eigenvalue weighted by molar-refractivity contribution is -0.108. The van der Waals surface area contributed by atoms with Gasteiger partial charge < -0.3 is 9.53 Å². The fourth-order valence-electron chi connectivity index (χ4n) is 1.51. The van der Waals surface area contributed by atoms with Crippen LogP contribution in [0.15, 0.2) is 30.3 Å². The minimum atomic E-state index is -0.284. The number of hydrogen-bond acceptors (Lipinski definition) is 3. The molecule has 0 radical (unpaired) electrons. The van der Waals surface area contributed by atoms with Crippen molar-refractivity contribution in [3.05, 3.63) is 35.9 Å². The summed E-state index contributed by atoms with van der Waals surface area (Å²) >= 11 is 0. The zero-order chi connectivity index (χ0) is 12.5. The Bertz CT molecular complexity index is 346. The number of ether oxygens (including phenoxy) is 1. The number of hydrogen-bond donors (Lipinski definition) is 0. The molecule has 0 amide bonds. The van der Waals surface area contributed by atoms with Crippen LogP contribution in [0.4, 0.5) is 0 Å². The van der Waals surface area contributed by atoms with Gasteiger partial charge in [-0.1, -0.05) is 25.1 Å². The summed E-state index contributed by atoms with van der Waals surface area (Å²) in [4.78, 5) is 21.8. The third kappa shape index (κ3) is 5.29. The van der Waals surface area contributed by atoms with Gasteiger partial charge in [0.15, 0.2) is 0 Å². The molecule has 0 bridgehead atoms. The van der Waals surface area contributed by atoms with Crippen LogP contribution in [0.3, 0.4) is 0 Å². The van der Waals surface area contributed by atoms with Crippen LogP contribution in [-0.4, -0.2) is 18.9 Å². The van der Waals surface area contributed by atoms with Crippen molar-refractivity contribution in [1.29, 1.82) is 0 Å². The summed E-state index contributed by atoms with van der Waals surface area (Å²) in [6.45, 7) is 2.47. The van der Waals surface area contributed by atoms with E-state index in [1.54, 1.807) is 12.1 Å². The smallest absolute Gasteiger partial charge is 0.338 e. The second-order valence-corrected chi connectivity index (χ2v) is 4.14. The molecule has 0 spiro atoms. The van der Waals surface area contributed by atoms with Crippen molar-refractivity contribution < 1.29 is 14.3 Å². The highest BCUT2D eigenvalue weighted by Crippen LogP contribution is 2.10. The molecule has 1 rings (SSSR count). The predicted octanol–water partition coefficient (Wildman–Crippen LogP) is 2.85. The number of benzene rings is 1.